The van der Waals surface area contributed by atoms with Crippen LogP contribution in [0.4, 0.5) is 11.4 Å². The van der Waals surface area contributed by atoms with Crippen LogP contribution < -0.4 is 9.64 Å². The number of piperazine rings is 1. The average molecular weight is 321 g/mol. The van der Waals surface area contributed by atoms with Gasteiger partial charge in [-0.3, -0.25) is 4.99 Å². The summed E-state index contributed by atoms with van der Waals surface area (Å²) in [6, 6.07) is 14.9. The summed E-state index contributed by atoms with van der Waals surface area (Å²) in [5.41, 5.74) is 6.05. The second-order valence-electron chi connectivity index (χ2n) is 6.57. The van der Waals surface area contributed by atoms with Crippen molar-refractivity contribution in [2.45, 2.75) is 6.42 Å². The highest BCUT2D eigenvalue weighted by molar-refractivity contribution is 6.06. The van der Waals surface area contributed by atoms with Gasteiger partial charge in [-0.1, -0.05) is 6.07 Å². The fraction of sp³-hybridized carbons (Fsp3) is 0.350. The fourth-order valence-corrected chi connectivity index (χ4v) is 3.38. The molecule has 124 valence electrons. The number of benzene rings is 2. The third-order valence-corrected chi connectivity index (χ3v) is 4.97. The number of likely N-dealkylation sites (N-methyl/N-ethyl adjacent to an activating group) is 1. The van der Waals surface area contributed by atoms with Gasteiger partial charge in [0, 0.05) is 38.3 Å². The molecule has 2 heterocycles. The van der Waals surface area contributed by atoms with Crippen LogP contribution in [0.3, 0.4) is 0 Å². The zero-order valence-electron chi connectivity index (χ0n) is 14.3. The first-order valence-electron chi connectivity index (χ1n) is 8.51. The first-order chi connectivity index (χ1) is 11.7. The molecule has 0 unspecified atom stereocenters. The van der Waals surface area contributed by atoms with Crippen molar-refractivity contribution >= 4 is 17.1 Å². The Balaban J connectivity index is 1.56. The van der Waals surface area contributed by atoms with Crippen LogP contribution in [-0.2, 0) is 6.42 Å². The minimum atomic E-state index is 0.882. The van der Waals surface area contributed by atoms with E-state index in [1.165, 1.54) is 16.8 Å². The normalized spacial score (nSPS) is 17.6. The van der Waals surface area contributed by atoms with Crippen LogP contribution in [0.25, 0.3) is 0 Å². The Morgan fingerprint density at radius 3 is 2.42 bits per heavy atom. The molecule has 4 rings (SSSR count). The van der Waals surface area contributed by atoms with Gasteiger partial charge in [0.1, 0.15) is 5.75 Å². The second-order valence-corrected chi connectivity index (χ2v) is 6.57. The molecule has 0 amide bonds. The van der Waals surface area contributed by atoms with Crippen molar-refractivity contribution < 1.29 is 4.74 Å². The van der Waals surface area contributed by atoms with Crippen molar-refractivity contribution in [3.63, 3.8) is 0 Å². The number of fused-ring (bicyclic) bond motifs is 1. The summed E-state index contributed by atoms with van der Waals surface area (Å²) in [4.78, 5) is 9.72. The molecule has 4 nitrogen and oxygen atoms in total. The highest BCUT2D eigenvalue weighted by Gasteiger charge is 2.19. The van der Waals surface area contributed by atoms with Gasteiger partial charge in [0.15, 0.2) is 0 Å². The van der Waals surface area contributed by atoms with Crippen LogP contribution in [0.5, 0.6) is 5.75 Å². The number of nitrogens with zero attached hydrogens (tertiary/aromatic N) is 3. The number of rotatable bonds is 3. The predicted molar refractivity (Wildman–Crippen MR) is 99.0 cm³/mol. The van der Waals surface area contributed by atoms with E-state index in [-0.39, 0.29) is 0 Å². The molecule has 2 aromatic carbocycles. The van der Waals surface area contributed by atoms with Gasteiger partial charge in [0.05, 0.1) is 18.5 Å². The molecular formula is C20H23N3O. The van der Waals surface area contributed by atoms with Gasteiger partial charge >= 0.3 is 0 Å². The van der Waals surface area contributed by atoms with E-state index in [0.717, 1.165) is 49.7 Å². The number of hydrogen-bond acceptors (Lipinski definition) is 4. The summed E-state index contributed by atoms with van der Waals surface area (Å²) in [5.74, 6) is 0.882. The highest BCUT2D eigenvalue weighted by atomic mass is 16.5. The predicted octanol–water partition coefficient (Wildman–Crippen LogP) is 3.12. The number of methoxy groups -OCH3 is 1. The molecule has 2 aliphatic rings. The second kappa shape index (κ2) is 6.29. The van der Waals surface area contributed by atoms with Gasteiger partial charge in [0.25, 0.3) is 0 Å². The Morgan fingerprint density at radius 2 is 1.71 bits per heavy atom. The Bertz CT molecular complexity index is 759. The van der Waals surface area contributed by atoms with Crippen molar-refractivity contribution in [3.05, 3.63) is 53.6 Å². The first kappa shape index (κ1) is 15.2. The molecule has 1 saturated heterocycles. The molecule has 0 bridgehead atoms. The molecular weight excluding hydrogens is 298 g/mol. The minimum absolute atomic E-state index is 0.882. The maximum atomic E-state index is 5.24. The van der Waals surface area contributed by atoms with Crippen molar-refractivity contribution in [1.29, 1.82) is 0 Å². The Labute approximate surface area is 143 Å². The number of hydrogen-bond donors (Lipinski definition) is 0. The number of aliphatic imine (C=N–C) groups is 1. The zero-order chi connectivity index (χ0) is 16.5. The summed E-state index contributed by atoms with van der Waals surface area (Å²) in [6.07, 6.45) is 0.907. The zero-order valence-corrected chi connectivity index (χ0v) is 14.3. The van der Waals surface area contributed by atoms with Crippen LogP contribution >= 0.6 is 0 Å². The number of ether oxygens (including phenoxy) is 1. The minimum Gasteiger partial charge on any atom is -0.497 e. The standard InChI is InChI=1S/C20H23N3O/c1-22-9-11-23(12-10-22)17-6-3-16-13-19(21-20(16)14-17)15-4-7-18(24-2)8-5-15/h3-8,14H,9-13H2,1-2H3. The highest BCUT2D eigenvalue weighted by Crippen LogP contribution is 2.33. The van der Waals surface area contributed by atoms with Crippen LogP contribution in [0, 0.1) is 0 Å². The fourth-order valence-electron chi connectivity index (χ4n) is 3.38. The summed E-state index contributed by atoms with van der Waals surface area (Å²) >= 11 is 0. The number of anilines is 1. The van der Waals surface area contributed by atoms with Crippen LogP contribution in [-0.4, -0.2) is 50.9 Å². The molecule has 2 aliphatic heterocycles. The molecule has 4 heteroatoms. The van der Waals surface area contributed by atoms with E-state index in [9.17, 15) is 0 Å². The van der Waals surface area contributed by atoms with Gasteiger partial charge in [-0.2, -0.15) is 0 Å². The maximum absolute atomic E-state index is 5.24. The SMILES string of the molecule is COc1ccc(C2=Nc3cc(N4CCN(C)CC4)ccc3C2)cc1. The molecule has 1 fully saturated rings. The van der Waals surface area contributed by atoms with Crippen molar-refractivity contribution in [3.8, 4) is 5.75 Å². The molecule has 0 radical (unpaired) electrons. The molecule has 2 aromatic rings. The summed E-state index contributed by atoms with van der Waals surface area (Å²) in [7, 11) is 3.88. The summed E-state index contributed by atoms with van der Waals surface area (Å²) in [5, 5.41) is 0. The van der Waals surface area contributed by atoms with Crippen LogP contribution in [0.2, 0.25) is 0 Å². The Morgan fingerprint density at radius 1 is 0.958 bits per heavy atom. The third-order valence-electron chi connectivity index (χ3n) is 4.97. The monoisotopic (exact) mass is 321 g/mol. The van der Waals surface area contributed by atoms with Crippen molar-refractivity contribution in [1.82, 2.24) is 4.90 Å². The van der Waals surface area contributed by atoms with E-state index in [2.05, 4.69) is 47.2 Å². The molecule has 0 aliphatic carbocycles. The van der Waals surface area contributed by atoms with Gasteiger partial charge in [-0.05, 0) is 54.6 Å². The quantitative estimate of drug-likeness (QED) is 0.869. The molecule has 0 aromatic heterocycles. The molecule has 0 atom stereocenters. The summed E-state index contributed by atoms with van der Waals surface area (Å²) in [6.45, 7) is 4.42. The lowest BCUT2D eigenvalue weighted by molar-refractivity contribution is 0.313. The Kier molecular flexibility index (Phi) is 3.98. The third kappa shape index (κ3) is 2.89. The van der Waals surface area contributed by atoms with E-state index in [4.69, 9.17) is 9.73 Å². The van der Waals surface area contributed by atoms with Crippen molar-refractivity contribution in [2.75, 3.05) is 45.2 Å². The van der Waals surface area contributed by atoms with Gasteiger partial charge in [0.2, 0.25) is 0 Å². The van der Waals surface area contributed by atoms with E-state index in [1.54, 1.807) is 7.11 Å². The summed E-state index contributed by atoms with van der Waals surface area (Å²) < 4.78 is 5.24. The average Bonchev–Trinajstić information content (AvgIpc) is 3.05. The van der Waals surface area contributed by atoms with Crippen LogP contribution in [0.1, 0.15) is 11.1 Å². The Hall–Kier alpha value is -2.33. The molecule has 0 spiro atoms. The van der Waals surface area contributed by atoms with E-state index < -0.39 is 0 Å². The van der Waals surface area contributed by atoms with E-state index in [1.807, 2.05) is 12.1 Å². The lowest BCUT2D eigenvalue weighted by Crippen LogP contribution is -2.44. The van der Waals surface area contributed by atoms with Crippen LogP contribution in [0.15, 0.2) is 47.5 Å². The van der Waals surface area contributed by atoms with Crippen molar-refractivity contribution in [2.24, 2.45) is 4.99 Å². The smallest absolute Gasteiger partial charge is 0.118 e. The lowest BCUT2D eigenvalue weighted by Gasteiger charge is -2.34. The van der Waals surface area contributed by atoms with E-state index in [0.29, 0.717) is 0 Å². The van der Waals surface area contributed by atoms with Gasteiger partial charge < -0.3 is 14.5 Å². The lowest BCUT2D eigenvalue weighted by atomic mass is 10.0. The van der Waals surface area contributed by atoms with Gasteiger partial charge in [-0.25, -0.2) is 0 Å². The molecule has 24 heavy (non-hydrogen) atoms. The topological polar surface area (TPSA) is 28.1 Å². The maximum Gasteiger partial charge on any atom is 0.118 e. The van der Waals surface area contributed by atoms with E-state index >= 15 is 0 Å². The molecule has 0 N–H and O–H groups in total. The van der Waals surface area contributed by atoms with Gasteiger partial charge in [-0.15, -0.1) is 0 Å². The first-order valence-corrected chi connectivity index (χ1v) is 8.51. The molecule has 0 saturated carbocycles. The largest absolute Gasteiger partial charge is 0.497 e.